The summed E-state index contributed by atoms with van der Waals surface area (Å²) in [5, 5.41) is 13.0. The highest BCUT2D eigenvalue weighted by Crippen LogP contribution is 2.36. The molecule has 5 nitrogen and oxygen atoms in total. The summed E-state index contributed by atoms with van der Waals surface area (Å²) in [5.41, 5.74) is 3.96. The molecule has 0 unspecified atom stereocenters. The number of aromatic nitrogens is 1. The Morgan fingerprint density at radius 2 is 1.62 bits per heavy atom. The third-order valence-corrected chi connectivity index (χ3v) is 5.99. The van der Waals surface area contributed by atoms with Crippen LogP contribution in [0, 0.1) is 5.92 Å². The molecule has 1 aromatic heterocycles. The van der Waals surface area contributed by atoms with Crippen LogP contribution in [0.25, 0.3) is 5.70 Å². The predicted octanol–water partition coefficient (Wildman–Crippen LogP) is 5.14. The van der Waals surface area contributed by atoms with Crippen LogP contribution in [0.2, 0.25) is 0 Å². The Kier molecular flexibility index (Phi) is 6.26. The number of rotatable bonds is 6. The first-order chi connectivity index (χ1) is 15.5. The summed E-state index contributed by atoms with van der Waals surface area (Å²) in [4.78, 5) is 17.1. The van der Waals surface area contributed by atoms with E-state index in [0.717, 1.165) is 23.1 Å². The van der Waals surface area contributed by atoms with E-state index in [4.69, 9.17) is 4.99 Å². The zero-order valence-corrected chi connectivity index (χ0v) is 18.8. The molecule has 1 N–H and O–H groups in total. The van der Waals surface area contributed by atoms with E-state index in [1.807, 2.05) is 54.2 Å². The Bertz CT molecular complexity index is 1160. The van der Waals surface area contributed by atoms with Crippen molar-refractivity contribution in [2.45, 2.75) is 33.2 Å². The quantitative estimate of drug-likeness (QED) is 0.554. The molecule has 0 saturated heterocycles. The number of aromatic hydroxyl groups is 1. The van der Waals surface area contributed by atoms with Gasteiger partial charge in [0.05, 0.1) is 18.3 Å². The topological polar surface area (TPSA) is 57.8 Å². The first-order valence-corrected chi connectivity index (χ1v) is 11.1. The van der Waals surface area contributed by atoms with E-state index in [0.29, 0.717) is 23.9 Å². The lowest BCUT2D eigenvalue weighted by atomic mass is 9.96. The van der Waals surface area contributed by atoms with Crippen LogP contribution in [0.1, 0.15) is 50.1 Å². The van der Waals surface area contributed by atoms with E-state index in [1.54, 1.807) is 6.20 Å². The van der Waals surface area contributed by atoms with Crippen molar-refractivity contribution in [1.29, 1.82) is 0 Å². The van der Waals surface area contributed by atoms with Gasteiger partial charge in [-0.05, 0) is 36.0 Å². The van der Waals surface area contributed by atoms with Gasteiger partial charge in [-0.2, -0.15) is 0 Å². The van der Waals surface area contributed by atoms with Gasteiger partial charge in [0, 0.05) is 18.5 Å². The van der Waals surface area contributed by atoms with Gasteiger partial charge in [0.2, 0.25) is 5.43 Å². The van der Waals surface area contributed by atoms with Gasteiger partial charge in [-0.15, -0.1) is 0 Å². The highest BCUT2D eigenvalue weighted by molar-refractivity contribution is 5.79. The zero-order chi connectivity index (χ0) is 22.7. The molecule has 0 amide bonds. The molecule has 0 spiro atoms. The van der Waals surface area contributed by atoms with Gasteiger partial charge in [-0.25, -0.2) is 0 Å². The zero-order valence-electron chi connectivity index (χ0n) is 18.8. The fraction of sp³-hybridized carbons (Fsp3) is 0.259. The Hall–Kier alpha value is -3.60. The molecule has 4 rings (SSSR count). The normalized spacial score (nSPS) is 14.8. The van der Waals surface area contributed by atoms with Crippen molar-refractivity contribution in [1.82, 2.24) is 4.68 Å². The van der Waals surface area contributed by atoms with Crippen molar-refractivity contribution in [3.63, 3.8) is 0 Å². The molecule has 0 fully saturated rings. The van der Waals surface area contributed by atoms with E-state index in [-0.39, 0.29) is 11.8 Å². The van der Waals surface area contributed by atoms with Crippen LogP contribution < -0.4 is 10.4 Å². The molecule has 0 bridgehead atoms. The second kappa shape index (κ2) is 9.27. The maximum atomic E-state index is 12.4. The van der Waals surface area contributed by atoms with Crippen LogP contribution in [0.3, 0.4) is 0 Å². The molecule has 2 heterocycles. The molecular weight excluding hydrogens is 398 g/mol. The molecule has 32 heavy (non-hydrogen) atoms. The summed E-state index contributed by atoms with van der Waals surface area (Å²) < 4.78 is 1.89. The minimum Gasteiger partial charge on any atom is -0.503 e. The van der Waals surface area contributed by atoms with E-state index >= 15 is 0 Å². The highest BCUT2D eigenvalue weighted by Gasteiger charge is 2.31. The molecule has 1 aliphatic rings. The predicted molar refractivity (Wildman–Crippen MR) is 131 cm³/mol. The second-order valence-electron chi connectivity index (χ2n) is 8.34. The number of hydrogen-bond acceptors (Lipinski definition) is 4. The van der Waals surface area contributed by atoms with Crippen molar-refractivity contribution < 1.29 is 5.11 Å². The molecule has 1 atom stereocenters. The van der Waals surface area contributed by atoms with Gasteiger partial charge < -0.3 is 5.11 Å². The minimum atomic E-state index is -0.405. The number of benzene rings is 2. The Labute approximate surface area is 189 Å². The largest absolute Gasteiger partial charge is 0.503 e. The standard InChI is InChI=1S/C27H29N3O2/c1-4-19(2)17-28-24-20(3)18-30(29-16-15-23(31)27(32)26(24)29)25(21-11-7-5-8-12-21)22-13-9-6-10-14-22/h5-17,19,25,32H,4,18H2,1-3H3/b28-17-/t19-/m1/s1. The summed E-state index contributed by atoms with van der Waals surface area (Å²) in [6.45, 7) is 6.84. The number of nitrogens with zero attached hydrogens (tertiary/aromatic N) is 3. The van der Waals surface area contributed by atoms with E-state index < -0.39 is 5.43 Å². The lowest BCUT2D eigenvalue weighted by molar-refractivity contribution is 0.445. The number of fused-ring (bicyclic) bond motifs is 1. The maximum Gasteiger partial charge on any atom is 0.224 e. The molecule has 5 heteroatoms. The van der Waals surface area contributed by atoms with Crippen LogP contribution in [-0.4, -0.2) is 22.5 Å². The molecule has 0 saturated carbocycles. The van der Waals surface area contributed by atoms with Crippen molar-refractivity contribution in [3.8, 4) is 5.75 Å². The fourth-order valence-electron chi connectivity index (χ4n) is 4.05. The van der Waals surface area contributed by atoms with E-state index in [2.05, 4.69) is 43.1 Å². The van der Waals surface area contributed by atoms with Crippen molar-refractivity contribution in [2.75, 3.05) is 11.6 Å². The fourth-order valence-corrected chi connectivity index (χ4v) is 4.05. The molecular formula is C27H29N3O2. The SMILES string of the molecule is CC[C@@H](C)/C=N\C1=C(C)CN(C(c2ccccc2)c2ccccc2)n2ccc(=O)c(O)c21. The first kappa shape index (κ1) is 21.6. The summed E-state index contributed by atoms with van der Waals surface area (Å²) in [6.07, 6.45) is 4.61. The smallest absolute Gasteiger partial charge is 0.224 e. The van der Waals surface area contributed by atoms with Gasteiger partial charge in [-0.1, -0.05) is 74.5 Å². The molecule has 1 aliphatic heterocycles. The van der Waals surface area contributed by atoms with E-state index in [1.165, 1.54) is 6.07 Å². The average molecular weight is 428 g/mol. The van der Waals surface area contributed by atoms with Crippen LogP contribution in [-0.2, 0) is 0 Å². The molecule has 164 valence electrons. The van der Waals surface area contributed by atoms with Gasteiger partial charge in [-0.3, -0.25) is 19.5 Å². The monoisotopic (exact) mass is 427 g/mol. The Balaban J connectivity index is 1.91. The van der Waals surface area contributed by atoms with E-state index in [9.17, 15) is 9.90 Å². The van der Waals surface area contributed by atoms with Crippen LogP contribution >= 0.6 is 0 Å². The second-order valence-corrected chi connectivity index (χ2v) is 8.34. The average Bonchev–Trinajstić information content (AvgIpc) is 2.82. The lowest BCUT2D eigenvalue weighted by Gasteiger charge is -2.40. The number of aliphatic imine (C=N–C) groups is 1. The Morgan fingerprint density at radius 1 is 1.03 bits per heavy atom. The van der Waals surface area contributed by atoms with Gasteiger partial charge >= 0.3 is 0 Å². The minimum absolute atomic E-state index is 0.104. The lowest BCUT2D eigenvalue weighted by Crippen LogP contribution is -2.44. The molecule has 3 aromatic rings. The van der Waals surface area contributed by atoms with Crippen LogP contribution in [0.4, 0.5) is 0 Å². The Morgan fingerprint density at radius 3 is 2.19 bits per heavy atom. The van der Waals surface area contributed by atoms with Gasteiger partial charge in [0.15, 0.2) is 5.75 Å². The first-order valence-electron chi connectivity index (χ1n) is 11.1. The summed E-state index contributed by atoms with van der Waals surface area (Å²) >= 11 is 0. The van der Waals surface area contributed by atoms with Gasteiger partial charge in [0.1, 0.15) is 5.69 Å². The highest BCUT2D eigenvalue weighted by atomic mass is 16.3. The van der Waals surface area contributed by atoms with Gasteiger partial charge in [0.25, 0.3) is 0 Å². The molecule has 0 aliphatic carbocycles. The van der Waals surface area contributed by atoms with Crippen molar-refractivity contribution in [3.05, 3.63) is 106 Å². The van der Waals surface area contributed by atoms with Crippen LogP contribution in [0.5, 0.6) is 5.75 Å². The molecule has 2 aromatic carbocycles. The van der Waals surface area contributed by atoms with Crippen LogP contribution in [0.15, 0.2) is 88.3 Å². The third-order valence-electron chi connectivity index (χ3n) is 5.99. The summed E-state index contributed by atoms with van der Waals surface area (Å²) in [5.74, 6) is 0.0356. The van der Waals surface area contributed by atoms with Crippen molar-refractivity contribution in [2.24, 2.45) is 10.9 Å². The number of hydrogen-bond donors (Lipinski definition) is 1. The number of pyridine rings is 1. The molecule has 0 radical (unpaired) electrons. The third kappa shape index (κ3) is 4.11. The summed E-state index contributed by atoms with van der Waals surface area (Å²) in [7, 11) is 0. The maximum absolute atomic E-state index is 12.4. The summed E-state index contributed by atoms with van der Waals surface area (Å²) in [6, 6.07) is 21.9. The van der Waals surface area contributed by atoms with Crippen molar-refractivity contribution >= 4 is 11.9 Å².